The van der Waals surface area contributed by atoms with E-state index >= 15 is 0 Å². The van der Waals surface area contributed by atoms with Crippen molar-refractivity contribution < 1.29 is 9.59 Å². The summed E-state index contributed by atoms with van der Waals surface area (Å²) in [5.74, 6) is 3.83. The van der Waals surface area contributed by atoms with Gasteiger partial charge in [-0.1, -0.05) is 41.5 Å². The first-order valence-corrected chi connectivity index (χ1v) is 13.6. The van der Waals surface area contributed by atoms with E-state index in [-0.39, 0.29) is 30.3 Å². The lowest BCUT2D eigenvalue weighted by molar-refractivity contribution is -0.133. The van der Waals surface area contributed by atoms with Gasteiger partial charge < -0.3 is 15.2 Å². The van der Waals surface area contributed by atoms with Crippen molar-refractivity contribution in [3.05, 3.63) is 23.0 Å². The van der Waals surface area contributed by atoms with Gasteiger partial charge in [0.2, 0.25) is 5.91 Å². The van der Waals surface area contributed by atoms with Crippen LogP contribution in [-0.4, -0.2) is 28.5 Å². The molecular formula is C29H45N3O2. The Hall–Kier alpha value is -1.78. The molecule has 6 aliphatic rings. The maximum absolute atomic E-state index is 13.5. The summed E-state index contributed by atoms with van der Waals surface area (Å²) in [6.45, 7) is 16.1. The van der Waals surface area contributed by atoms with Crippen molar-refractivity contribution in [2.75, 3.05) is 0 Å². The van der Waals surface area contributed by atoms with Gasteiger partial charge >= 0.3 is 0 Å². The summed E-state index contributed by atoms with van der Waals surface area (Å²) in [4.78, 5) is 26.6. The number of aromatic nitrogens is 1. The predicted molar refractivity (Wildman–Crippen MR) is 135 cm³/mol. The minimum atomic E-state index is -0.00844. The molecule has 2 amide bonds. The molecule has 1 aromatic heterocycles. The molecule has 0 saturated heterocycles. The third-order valence-corrected chi connectivity index (χ3v) is 11.4. The minimum Gasteiger partial charge on any atom is -0.353 e. The first-order chi connectivity index (χ1) is 15.8. The van der Waals surface area contributed by atoms with Gasteiger partial charge in [-0.15, -0.1) is 0 Å². The van der Waals surface area contributed by atoms with E-state index in [1.807, 2.05) is 24.7 Å². The Morgan fingerprint density at radius 3 is 1.88 bits per heavy atom. The molecule has 1 aromatic rings. The van der Waals surface area contributed by atoms with Crippen molar-refractivity contribution in [3.63, 3.8) is 0 Å². The number of aryl methyl sites for hydroxylation is 2. The van der Waals surface area contributed by atoms with Gasteiger partial charge in [-0.3, -0.25) is 9.59 Å². The SMILES string of the molecule is Cc1cn(C)c(CC(=O)N[C@@H]2C[C@@H]3C[C@H]([C@H]2C)C3(C)C)c1C(=O)N[C@@H]1C[C@@H]2C[C@H]([C@H]1C)C2(C)C. The normalized spacial score (nSPS) is 38.9. The fraction of sp³-hybridized carbons (Fsp3) is 0.793. The van der Waals surface area contributed by atoms with E-state index in [2.05, 4.69) is 52.2 Å². The molecule has 188 valence electrons. The van der Waals surface area contributed by atoms with Crippen molar-refractivity contribution >= 4 is 11.8 Å². The van der Waals surface area contributed by atoms with Crippen LogP contribution in [-0.2, 0) is 18.3 Å². The summed E-state index contributed by atoms with van der Waals surface area (Å²) in [5, 5.41) is 6.72. The van der Waals surface area contributed by atoms with Gasteiger partial charge in [-0.05, 0) is 84.5 Å². The Kier molecular flexibility index (Phi) is 5.54. The van der Waals surface area contributed by atoms with Gasteiger partial charge in [-0.2, -0.15) is 0 Å². The molecule has 4 bridgehead atoms. The molecule has 6 saturated carbocycles. The number of rotatable bonds is 5. The Balaban J connectivity index is 1.25. The monoisotopic (exact) mass is 467 g/mol. The largest absolute Gasteiger partial charge is 0.353 e. The number of nitrogens with one attached hydrogen (secondary N) is 2. The first-order valence-electron chi connectivity index (χ1n) is 13.6. The second-order valence-corrected chi connectivity index (χ2v) is 13.6. The third kappa shape index (κ3) is 3.47. The molecule has 0 radical (unpaired) electrons. The molecule has 0 aliphatic heterocycles. The van der Waals surface area contributed by atoms with Gasteiger partial charge in [-0.25, -0.2) is 0 Å². The van der Waals surface area contributed by atoms with E-state index in [4.69, 9.17) is 0 Å². The maximum atomic E-state index is 13.5. The zero-order valence-corrected chi connectivity index (χ0v) is 22.5. The van der Waals surface area contributed by atoms with Crippen LogP contribution in [0.25, 0.3) is 0 Å². The highest BCUT2D eigenvalue weighted by Crippen LogP contribution is 2.62. The quantitative estimate of drug-likeness (QED) is 0.649. The lowest BCUT2D eigenvalue weighted by atomic mass is 9.45. The zero-order valence-electron chi connectivity index (χ0n) is 22.5. The molecule has 6 fully saturated rings. The highest BCUT2D eigenvalue weighted by molar-refractivity contribution is 5.98. The number of hydrogen-bond acceptors (Lipinski definition) is 2. The summed E-state index contributed by atoms with van der Waals surface area (Å²) in [5.41, 5.74) is 3.29. The van der Waals surface area contributed by atoms with Crippen LogP contribution in [0.15, 0.2) is 6.20 Å². The molecular weight excluding hydrogens is 422 g/mol. The van der Waals surface area contributed by atoms with E-state index in [0.29, 0.717) is 51.9 Å². The Morgan fingerprint density at radius 1 is 0.912 bits per heavy atom. The van der Waals surface area contributed by atoms with Crippen LogP contribution in [0.4, 0.5) is 0 Å². The number of carbonyl (C=O) groups excluding carboxylic acids is 2. The molecule has 2 N–H and O–H groups in total. The van der Waals surface area contributed by atoms with E-state index in [9.17, 15) is 9.59 Å². The smallest absolute Gasteiger partial charge is 0.253 e. The molecule has 5 nitrogen and oxygen atoms in total. The summed E-state index contributed by atoms with van der Waals surface area (Å²) >= 11 is 0. The molecule has 5 heteroatoms. The number of nitrogens with zero attached hydrogens (tertiary/aromatic N) is 1. The highest BCUT2D eigenvalue weighted by atomic mass is 16.2. The molecule has 1 heterocycles. The van der Waals surface area contributed by atoms with Crippen LogP contribution in [0.2, 0.25) is 0 Å². The van der Waals surface area contributed by atoms with Crippen LogP contribution in [0.1, 0.15) is 88.8 Å². The summed E-state index contributed by atoms with van der Waals surface area (Å²) in [6.07, 6.45) is 7.00. The molecule has 0 spiro atoms. The fourth-order valence-electron chi connectivity index (χ4n) is 8.69. The van der Waals surface area contributed by atoms with E-state index < -0.39 is 0 Å². The Labute approximate surface area is 205 Å². The van der Waals surface area contributed by atoms with Gasteiger partial charge in [0, 0.05) is 31.0 Å². The van der Waals surface area contributed by atoms with Crippen molar-refractivity contribution in [2.24, 2.45) is 53.4 Å². The first kappa shape index (κ1) is 23.9. The van der Waals surface area contributed by atoms with Gasteiger partial charge in [0.25, 0.3) is 5.91 Å². The van der Waals surface area contributed by atoms with Gasteiger partial charge in [0.15, 0.2) is 0 Å². The van der Waals surface area contributed by atoms with Gasteiger partial charge in [0.1, 0.15) is 0 Å². The van der Waals surface area contributed by atoms with Crippen molar-refractivity contribution in [2.45, 2.75) is 92.7 Å². The van der Waals surface area contributed by atoms with Crippen LogP contribution in [0, 0.1) is 53.3 Å². The van der Waals surface area contributed by atoms with E-state index in [1.54, 1.807) is 0 Å². The molecule has 7 rings (SSSR count). The van der Waals surface area contributed by atoms with E-state index in [1.165, 1.54) is 12.8 Å². The molecule has 0 aromatic carbocycles. The summed E-state index contributed by atoms with van der Waals surface area (Å²) in [7, 11) is 1.95. The van der Waals surface area contributed by atoms with Crippen LogP contribution in [0.5, 0.6) is 0 Å². The highest BCUT2D eigenvalue weighted by Gasteiger charge is 2.57. The third-order valence-electron chi connectivity index (χ3n) is 11.4. The zero-order chi connectivity index (χ0) is 24.7. The molecule has 8 atom stereocenters. The van der Waals surface area contributed by atoms with Crippen LogP contribution < -0.4 is 10.6 Å². The van der Waals surface area contributed by atoms with Crippen LogP contribution in [0.3, 0.4) is 0 Å². The molecule has 34 heavy (non-hydrogen) atoms. The van der Waals surface area contributed by atoms with Crippen molar-refractivity contribution in [1.82, 2.24) is 15.2 Å². The Morgan fingerprint density at radius 2 is 1.41 bits per heavy atom. The average Bonchev–Trinajstić information content (AvgIpc) is 3.02. The molecule has 0 unspecified atom stereocenters. The predicted octanol–water partition coefficient (Wildman–Crippen LogP) is 4.86. The average molecular weight is 468 g/mol. The number of carbonyl (C=O) groups is 2. The van der Waals surface area contributed by atoms with Crippen molar-refractivity contribution in [1.29, 1.82) is 0 Å². The van der Waals surface area contributed by atoms with Crippen LogP contribution >= 0.6 is 0 Å². The Bertz CT molecular complexity index is 1010. The fourth-order valence-corrected chi connectivity index (χ4v) is 8.69. The molecule has 6 aliphatic carbocycles. The second kappa shape index (κ2) is 7.86. The summed E-state index contributed by atoms with van der Waals surface area (Å²) < 4.78 is 1.97. The van der Waals surface area contributed by atoms with E-state index in [0.717, 1.165) is 24.1 Å². The topological polar surface area (TPSA) is 63.1 Å². The number of hydrogen-bond donors (Lipinski definition) is 2. The van der Waals surface area contributed by atoms with Crippen molar-refractivity contribution in [3.8, 4) is 0 Å². The summed E-state index contributed by atoms with van der Waals surface area (Å²) in [6, 6.07) is 0.477. The lowest BCUT2D eigenvalue weighted by Crippen LogP contribution is -2.61. The second-order valence-electron chi connectivity index (χ2n) is 13.6. The maximum Gasteiger partial charge on any atom is 0.253 e. The minimum absolute atomic E-state index is 0.00844. The standard InChI is InChI=1S/C29H45N3O2/c1-15-14-32(8)24(13-25(33)30-22-11-18-9-20(16(22)2)28(18,4)5)26(15)27(34)31-23-12-19-10-21(17(23)3)29(19,6)7/h14,16-23H,9-13H2,1-8H3,(H,30,33)(H,31,34)/t16-,17-,18+,19+,20-,21-,22-,23-/m1/s1. The lowest BCUT2D eigenvalue weighted by Gasteiger charge is -2.62. The van der Waals surface area contributed by atoms with Gasteiger partial charge in [0.05, 0.1) is 12.0 Å². The number of amides is 2. The number of fused-ring (bicyclic) bond motifs is 4.